The van der Waals surface area contributed by atoms with Gasteiger partial charge in [0.1, 0.15) is 0 Å². The SMILES string of the molecule is CCN(CC)c1ccc(NS(=O)(=O)c2ccc3[nH]c(=O)ccc3c2)c(C)c1. The van der Waals surface area contributed by atoms with Crippen LogP contribution < -0.4 is 15.2 Å². The number of aromatic amines is 1. The monoisotopic (exact) mass is 385 g/mol. The molecule has 0 aliphatic carbocycles. The largest absolute Gasteiger partial charge is 0.372 e. The number of rotatable bonds is 6. The van der Waals surface area contributed by atoms with E-state index in [9.17, 15) is 13.2 Å². The van der Waals surface area contributed by atoms with Crippen molar-refractivity contribution >= 4 is 32.3 Å². The minimum absolute atomic E-state index is 0.147. The highest BCUT2D eigenvalue weighted by Gasteiger charge is 2.16. The second kappa shape index (κ2) is 7.44. The van der Waals surface area contributed by atoms with E-state index in [0.717, 1.165) is 24.3 Å². The molecule has 0 saturated carbocycles. The first-order chi connectivity index (χ1) is 12.8. The Morgan fingerprint density at radius 1 is 1.00 bits per heavy atom. The first kappa shape index (κ1) is 19.0. The van der Waals surface area contributed by atoms with Crippen LogP contribution in [0.2, 0.25) is 0 Å². The summed E-state index contributed by atoms with van der Waals surface area (Å²) in [6.45, 7) is 7.83. The van der Waals surface area contributed by atoms with E-state index in [4.69, 9.17) is 0 Å². The van der Waals surface area contributed by atoms with Crippen LogP contribution in [0.3, 0.4) is 0 Å². The zero-order chi connectivity index (χ0) is 19.6. The van der Waals surface area contributed by atoms with Crippen LogP contribution >= 0.6 is 0 Å². The Labute approximate surface area is 158 Å². The number of benzene rings is 2. The zero-order valence-corrected chi connectivity index (χ0v) is 16.4. The summed E-state index contributed by atoms with van der Waals surface area (Å²) in [6, 6.07) is 13.3. The Balaban J connectivity index is 1.92. The van der Waals surface area contributed by atoms with Gasteiger partial charge in [-0.05, 0) is 74.2 Å². The smallest absolute Gasteiger partial charge is 0.261 e. The number of nitrogens with one attached hydrogen (secondary N) is 2. The topological polar surface area (TPSA) is 82.3 Å². The molecule has 0 radical (unpaired) electrons. The zero-order valence-electron chi connectivity index (χ0n) is 15.6. The highest BCUT2D eigenvalue weighted by Crippen LogP contribution is 2.26. The van der Waals surface area contributed by atoms with E-state index in [-0.39, 0.29) is 10.5 Å². The van der Waals surface area contributed by atoms with Crippen molar-refractivity contribution < 1.29 is 8.42 Å². The standard InChI is InChI=1S/C20H23N3O3S/c1-4-23(5-2)16-7-9-18(14(3)12-16)22-27(25,26)17-8-10-19-15(13-17)6-11-20(24)21-19/h6-13,22H,4-5H2,1-3H3,(H,21,24). The first-order valence-corrected chi connectivity index (χ1v) is 10.3. The third-order valence-corrected chi connectivity index (χ3v) is 5.95. The van der Waals surface area contributed by atoms with E-state index in [1.807, 2.05) is 19.1 Å². The van der Waals surface area contributed by atoms with Crippen LogP contribution in [0.1, 0.15) is 19.4 Å². The number of hydrogen-bond acceptors (Lipinski definition) is 4. The van der Waals surface area contributed by atoms with Crippen molar-refractivity contribution in [1.29, 1.82) is 0 Å². The number of sulfonamides is 1. The third-order valence-electron chi connectivity index (χ3n) is 4.59. The molecule has 0 bridgehead atoms. The van der Waals surface area contributed by atoms with E-state index >= 15 is 0 Å². The minimum Gasteiger partial charge on any atom is -0.372 e. The molecule has 0 atom stereocenters. The van der Waals surface area contributed by atoms with Gasteiger partial charge in [-0.25, -0.2) is 8.42 Å². The molecular formula is C20H23N3O3S. The van der Waals surface area contributed by atoms with Crippen molar-refractivity contribution in [3.05, 3.63) is 64.4 Å². The van der Waals surface area contributed by atoms with Gasteiger partial charge in [0.25, 0.3) is 10.0 Å². The maximum absolute atomic E-state index is 12.8. The number of anilines is 2. The summed E-state index contributed by atoms with van der Waals surface area (Å²) in [6.07, 6.45) is 0. The van der Waals surface area contributed by atoms with Crippen molar-refractivity contribution in [2.75, 3.05) is 22.7 Å². The van der Waals surface area contributed by atoms with Gasteiger partial charge in [0.2, 0.25) is 5.56 Å². The highest BCUT2D eigenvalue weighted by molar-refractivity contribution is 7.92. The summed E-state index contributed by atoms with van der Waals surface area (Å²) in [4.78, 5) is 16.4. The van der Waals surface area contributed by atoms with Gasteiger partial charge in [0.05, 0.1) is 10.6 Å². The van der Waals surface area contributed by atoms with Gasteiger partial charge in [-0.15, -0.1) is 0 Å². The van der Waals surface area contributed by atoms with E-state index in [0.29, 0.717) is 16.6 Å². The van der Waals surface area contributed by atoms with E-state index in [1.54, 1.807) is 24.3 Å². The van der Waals surface area contributed by atoms with E-state index < -0.39 is 10.0 Å². The van der Waals surface area contributed by atoms with Crippen LogP contribution in [0, 0.1) is 6.92 Å². The predicted molar refractivity (Wildman–Crippen MR) is 110 cm³/mol. The van der Waals surface area contributed by atoms with Crippen LogP contribution in [0.5, 0.6) is 0 Å². The molecule has 7 heteroatoms. The quantitative estimate of drug-likeness (QED) is 0.681. The second-order valence-electron chi connectivity index (χ2n) is 6.35. The van der Waals surface area contributed by atoms with Gasteiger partial charge in [-0.1, -0.05) is 0 Å². The number of pyridine rings is 1. The lowest BCUT2D eigenvalue weighted by Crippen LogP contribution is -2.22. The van der Waals surface area contributed by atoms with Crippen LogP contribution in [-0.2, 0) is 10.0 Å². The molecule has 0 amide bonds. The van der Waals surface area contributed by atoms with Gasteiger partial charge in [-0.3, -0.25) is 9.52 Å². The minimum atomic E-state index is -3.74. The molecule has 2 N–H and O–H groups in total. The van der Waals surface area contributed by atoms with Crippen molar-refractivity contribution in [2.45, 2.75) is 25.7 Å². The van der Waals surface area contributed by atoms with Crippen molar-refractivity contribution in [3.8, 4) is 0 Å². The average Bonchev–Trinajstić information content (AvgIpc) is 2.64. The maximum atomic E-state index is 12.8. The Kier molecular flexibility index (Phi) is 5.23. The van der Waals surface area contributed by atoms with Crippen molar-refractivity contribution in [2.24, 2.45) is 0 Å². The number of aromatic nitrogens is 1. The Bertz CT molecular complexity index is 1130. The molecule has 0 saturated heterocycles. The van der Waals surface area contributed by atoms with E-state index in [1.165, 1.54) is 12.1 Å². The second-order valence-corrected chi connectivity index (χ2v) is 8.03. The molecule has 1 aromatic heterocycles. The third kappa shape index (κ3) is 3.98. The molecule has 3 rings (SSSR count). The molecule has 0 spiro atoms. The van der Waals surface area contributed by atoms with Crippen LogP contribution in [0.15, 0.2) is 58.2 Å². The number of nitrogens with zero attached hydrogens (tertiary/aromatic N) is 1. The summed E-state index contributed by atoms with van der Waals surface area (Å²) >= 11 is 0. The molecule has 2 aromatic carbocycles. The van der Waals surface area contributed by atoms with Crippen LogP contribution in [-0.4, -0.2) is 26.5 Å². The summed E-state index contributed by atoms with van der Waals surface area (Å²) in [5, 5.41) is 0.658. The highest BCUT2D eigenvalue weighted by atomic mass is 32.2. The Hall–Kier alpha value is -2.80. The predicted octanol–water partition coefficient (Wildman–Crippen LogP) is 3.48. The summed E-state index contributed by atoms with van der Waals surface area (Å²) in [5.41, 5.74) is 2.84. The molecule has 6 nitrogen and oxygen atoms in total. The van der Waals surface area contributed by atoms with Crippen molar-refractivity contribution in [1.82, 2.24) is 4.98 Å². The van der Waals surface area contributed by atoms with Crippen LogP contribution in [0.4, 0.5) is 11.4 Å². The first-order valence-electron chi connectivity index (χ1n) is 8.85. The fraction of sp³-hybridized carbons (Fsp3) is 0.250. The Morgan fingerprint density at radius 3 is 2.41 bits per heavy atom. The fourth-order valence-corrected chi connectivity index (χ4v) is 4.22. The van der Waals surface area contributed by atoms with Gasteiger partial charge in [0.15, 0.2) is 0 Å². The lowest BCUT2D eigenvalue weighted by Gasteiger charge is -2.22. The van der Waals surface area contributed by atoms with Gasteiger partial charge >= 0.3 is 0 Å². The van der Waals surface area contributed by atoms with Crippen LogP contribution in [0.25, 0.3) is 10.9 Å². The average molecular weight is 385 g/mol. The molecule has 1 heterocycles. The molecule has 0 unspecified atom stereocenters. The number of aryl methyl sites for hydroxylation is 1. The Morgan fingerprint density at radius 2 is 1.74 bits per heavy atom. The van der Waals surface area contributed by atoms with Gasteiger partial charge in [-0.2, -0.15) is 0 Å². The molecular weight excluding hydrogens is 362 g/mol. The molecule has 142 valence electrons. The van der Waals surface area contributed by atoms with E-state index in [2.05, 4.69) is 28.5 Å². The number of hydrogen-bond donors (Lipinski definition) is 2. The number of fused-ring (bicyclic) bond motifs is 1. The molecule has 0 fully saturated rings. The molecule has 27 heavy (non-hydrogen) atoms. The molecule has 3 aromatic rings. The van der Waals surface area contributed by atoms with Gasteiger partial charge in [0, 0.05) is 30.4 Å². The fourth-order valence-electron chi connectivity index (χ4n) is 3.05. The molecule has 0 aliphatic rings. The summed E-state index contributed by atoms with van der Waals surface area (Å²) < 4.78 is 28.3. The van der Waals surface area contributed by atoms with Gasteiger partial charge < -0.3 is 9.88 Å². The summed E-state index contributed by atoms with van der Waals surface area (Å²) in [5.74, 6) is 0. The van der Waals surface area contributed by atoms with Crippen molar-refractivity contribution in [3.63, 3.8) is 0 Å². The number of H-pyrrole nitrogens is 1. The maximum Gasteiger partial charge on any atom is 0.261 e. The molecule has 0 aliphatic heterocycles. The normalized spacial score (nSPS) is 11.5. The summed E-state index contributed by atoms with van der Waals surface area (Å²) in [7, 11) is -3.74. The lowest BCUT2D eigenvalue weighted by molar-refractivity contribution is 0.601. The lowest BCUT2D eigenvalue weighted by atomic mass is 10.1.